The highest BCUT2D eigenvalue weighted by atomic mass is 35.5. The van der Waals surface area contributed by atoms with Gasteiger partial charge in [0.1, 0.15) is 5.75 Å². The Morgan fingerprint density at radius 1 is 1.08 bits per heavy atom. The van der Waals surface area contributed by atoms with Crippen LogP contribution in [0.15, 0.2) is 58.5 Å². The fourth-order valence-corrected chi connectivity index (χ4v) is 2.95. The number of nitrogens with zero attached hydrogens (tertiary/aromatic N) is 1. The fourth-order valence-electron chi connectivity index (χ4n) is 2.03. The SMILES string of the molecule is CCCCCOc1ccc(/C=N\NS(=O)(=O)c2ccc(Cl)cc2)cc1. The molecule has 0 bridgehead atoms. The monoisotopic (exact) mass is 380 g/mol. The predicted octanol–water partition coefficient (Wildman–Crippen LogP) is 4.22. The Bertz CT molecular complexity index is 788. The Labute approximate surface area is 153 Å². The lowest BCUT2D eigenvalue weighted by Gasteiger charge is -2.05. The van der Waals surface area contributed by atoms with E-state index < -0.39 is 10.0 Å². The fraction of sp³-hybridized carbons (Fsp3) is 0.278. The zero-order valence-corrected chi connectivity index (χ0v) is 15.6. The summed E-state index contributed by atoms with van der Waals surface area (Å²) >= 11 is 5.75. The summed E-state index contributed by atoms with van der Waals surface area (Å²) in [6, 6.07) is 13.2. The maximum Gasteiger partial charge on any atom is 0.276 e. The smallest absolute Gasteiger partial charge is 0.276 e. The quantitative estimate of drug-likeness (QED) is 0.402. The number of hydrazone groups is 1. The summed E-state index contributed by atoms with van der Waals surface area (Å²) in [4.78, 5) is 2.28. The molecule has 0 saturated heterocycles. The van der Waals surface area contributed by atoms with Crippen LogP contribution in [0.5, 0.6) is 5.75 Å². The Hall–Kier alpha value is -2.05. The van der Waals surface area contributed by atoms with Gasteiger partial charge in [0.05, 0.1) is 17.7 Å². The molecular formula is C18H21ClN2O3S. The number of benzene rings is 2. The van der Waals surface area contributed by atoms with Gasteiger partial charge in [0.15, 0.2) is 0 Å². The largest absolute Gasteiger partial charge is 0.494 e. The van der Waals surface area contributed by atoms with Crippen molar-refractivity contribution in [3.05, 3.63) is 59.1 Å². The molecule has 0 radical (unpaired) electrons. The van der Waals surface area contributed by atoms with Crippen molar-refractivity contribution in [1.29, 1.82) is 0 Å². The van der Waals surface area contributed by atoms with Crippen LogP contribution in [0.4, 0.5) is 0 Å². The van der Waals surface area contributed by atoms with Gasteiger partial charge >= 0.3 is 0 Å². The molecule has 0 unspecified atom stereocenters. The molecule has 0 aromatic heterocycles. The van der Waals surface area contributed by atoms with Crippen molar-refractivity contribution in [2.24, 2.45) is 5.10 Å². The van der Waals surface area contributed by atoms with Crippen LogP contribution in [-0.4, -0.2) is 21.2 Å². The molecule has 134 valence electrons. The minimum absolute atomic E-state index is 0.102. The summed E-state index contributed by atoms with van der Waals surface area (Å²) in [5, 5.41) is 4.26. The third-order valence-corrected chi connectivity index (χ3v) is 4.90. The first kappa shape index (κ1) is 19.3. The van der Waals surface area contributed by atoms with Gasteiger partial charge in [-0.15, -0.1) is 0 Å². The van der Waals surface area contributed by atoms with E-state index in [0.29, 0.717) is 11.6 Å². The van der Waals surface area contributed by atoms with E-state index >= 15 is 0 Å². The molecular weight excluding hydrogens is 360 g/mol. The van der Waals surface area contributed by atoms with Crippen molar-refractivity contribution in [3.8, 4) is 5.75 Å². The van der Waals surface area contributed by atoms with Crippen molar-refractivity contribution in [3.63, 3.8) is 0 Å². The van der Waals surface area contributed by atoms with Crippen LogP contribution in [0.3, 0.4) is 0 Å². The van der Waals surface area contributed by atoms with Crippen molar-refractivity contribution in [2.75, 3.05) is 6.61 Å². The van der Waals surface area contributed by atoms with Crippen molar-refractivity contribution in [2.45, 2.75) is 31.1 Å². The zero-order valence-electron chi connectivity index (χ0n) is 14.0. The van der Waals surface area contributed by atoms with E-state index in [-0.39, 0.29) is 4.90 Å². The molecule has 25 heavy (non-hydrogen) atoms. The first-order valence-electron chi connectivity index (χ1n) is 8.04. The van der Waals surface area contributed by atoms with Gasteiger partial charge in [0.2, 0.25) is 0 Å². The molecule has 0 aliphatic heterocycles. The summed E-state index contributed by atoms with van der Waals surface area (Å²) in [7, 11) is -3.70. The lowest BCUT2D eigenvalue weighted by atomic mass is 10.2. The Balaban J connectivity index is 1.90. The number of sulfonamides is 1. The van der Waals surface area contributed by atoms with Gasteiger partial charge in [-0.05, 0) is 60.5 Å². The molecule has 0 spiro atoms. The van der Waals surface area contributed by atoms with E-state index in [9.17, 15) is 8.42 Å². The number of nitrogens with one attached hydrogen (secondary N) is 1. The number of ether oxygens (including phenoxy) is 1. The molecule has 0 saturated carbocycles. The van der Waals surface area contributed by atoms with Crippen LogP contribution < -0.4 is 9.57 Å². The predicted molar refractivity (Wildman–Crippen MR) is 101 cm³/mol. The molecule has 0 fully saturated rings. The highest BCUT2D eigenvalue weighted by molar-refractivity contribution is 7.89. The lowest BCUT2D eigenvalue weighted by molar-refractivity contribution is 0.306. The molecule has 7 heteroatoms. The summed E-state index contributed by atoms with van der Waals surface area (Å²) < 4.78 is 29.8. The highest BCUT2D eigenvalue weighted by Gasteiger charge is 2.11. The van der Waals surface area contributed by atoms with Crippen LogP contribution >= 0.6 is 11.6 Å². The van der Waals surface area contributed by atoms with Gasteiger partial charge < -0.3 is 4.74 Å². The molecule has 0 atom stereocenters. The third kappa shape index (κ3) is 6.40. The Kier molecular flexibility index (Phi) is 7.28. The van der Waals surface area contributed by atoms with E-state index in [4.69, 9.17) is 16.3 Å². The maximum atomic E-state index is 12.1. The maximum absolute atomic E-state index is 12.1. The van der Waals surface area contributed by atoms with E-state index in [1.54, 1.807) is 0 Å². The summed E-state index contributed by atoms with van der Waals surface area (Å²) in [6.45, 7) is 2.84. The number of halogens is 1. The summed E-state index contributed by atoms with van der Waals surface area (Å²) in [6.07, 6.45) is 4.78. The average molecular weight is 381 g/mol. The van der Waals surface area contributed by atoms with Crippen molar-refractivity contribution >= 4 is 27.8 Å². The molecule has 1 N–H and O–H groups in total. The number of unbranched alkanes of at least 4 members (excludes halogenated alkanes) is 2. The standard InChI is InChI=1S/C18H21ClN2O3S/c1-2-3-4-13-24-17-9-5-15(6-10-17)14-20-21-25(22,23)18-11-7-16(19)8-12-18/h5-12,14,21H,2-4,13H2,1H3/b20-14-. The van der Waals surface area contributed by atoms with E-state index in [2.05, 4.69) is 16.9 Å². The topological polar surface area (TPSA) is 67.8 Å². The molecule has 2 rings (SSSR count). The molecule has 0 aliphatic rings. The van der Waals surface area contributed by atoms with Crippen molar-refractivity contribution in [1.82, 2.24) is 4.83 Å². The molecule has 0 aliphatic carbocycles. The summed E-state index contributed by atoms with van der Waals surface area (Å²) in [5.74, 6) is 0.787. The van der Waals surface area contributed by atoms with Crippen LogP contribution in [-0.2, 0) is 10.0 Å². The minimum Gasteiger partial charge on any atom is -0.494 e. The number of hydrogen-bond donors (Lipinski definition) is 1. The normalized spacial score (nSPS) is 11.6. The van der Waals surface area contributed by atoms with Crippen LogP contribution in [0.1, 0.15) is 31.7 Å². The minimum atomic E-state index is -3.70. The second-order valence-electron chi connectivity index (χ2n) is 5.43. The van der Waals surface area contributed by atoms with Gasteiger partial charge in [-0.2, -0.15) is 13.5 Å². The Morgan fingerprint density at radius 2 is 1.76 bits per heavy atom. The second-order valence-corrected chi connectivity index (χ2v) is 7.53. The average Bonchev–Trinajstić information content (AvgIpc) is 2.60. The summed E-state index contributed by atoms with van der Waals surface area (Å²) in [5.41, 5.74) is 0.764. The van der Waals surface area contributed by atoms with Crippen LogP contribution in [0, 0.1) is 0 Å². The van der Waals surface area contributed by atoms with E-state index in [1.165, 1.54) is 30.5 Å². The molecule has 5 nitrogen and oxygen atoms in total. The van der Waals surface area contributed by atoms with Crippen molar-refractivity contribution < 1.29 is 13.2 Å². The first-order valence-corrected chi connectivity index (χ1v) is 9.90. The van der Waals surface area contributed by atoms with Gasteiger partial charge in [0.25, 0.3) is 10.0 Å². The van der Waals surface area contributed by atoms with Gasteiger partial charge in [-0.3, -0.25) is 0 Å². The highest BCUT2D eigenvalue weighted by Crippen LogP contribution is 2.14. The van der Waals surface area contributed by atoms with E-state index in [1.807, 2.05) is 24.3 Å². The number of hydrogen-bond acceptors (Lipinski definition) is 4. The Morgan fingerprint density at radius 3 is 2.40 bits per heavy atom. The first-order chi connectivity index (χ1) is 12.0. The van der Waals surface area contributed by atoms with Crippen LogP contribution in [0.2, 0.25) is 5.02 Å². The van der Waals surface area contributed by atoms with Gasteiger partial charge in [-0.1, -0.05) is 31.4 Å². The lowest BCUT2D eigenvalue weighted by Crippen LogP contribution is -2.18. The second kappa shape index (κ2) is 9.44. The molecule has 0 amide bonds. The molecule has 2 aromatic carbocycles. The third-order valence-electron chi connectivity index (χ3n) is 3.41. The molecule has 0 heterocycles. The van der Waals surface area contributed by atoms with E-state index in [0.717, 1.165) is 30.6 Å². The van der Waals surface area contributed by atoms with Crippen LogP contribution in [0.25, 0.3) is 0 Å². The van der Waals surface area contributed by atoms with Gasteiger partial charge in [0, 0.05) is 5.02 Å². The number of rotatable bonds is 9. The zero-order chi connectivity index (χ0) is 18.1. The molecule has 2 aromatic rings. The van der Waals surface area contributed by atoms with Gasteiger partial charge in [-0.25, -0.2) is 4.83 Å².